The maximum absolute atomic E-state index is 14.2. The molecule has 47 heavy (non-hydrogen) atoms. The van der Waals surface area contributed by atoms with Crippen molar-refractivity contribution in [3.63, 3.8) is 0 Å². The number of halogens is 1. The van der Waals surface area contributed by atoms with Gasteiger partial charge >= 0.3 is 6.09 Å². The normalized spacial score (nSPS) is 15.7. The number of carbonyl (C=O) groups excluding carboxylic acids is 3. The number of ether oxygens (including phenoxy) is 1. The highest BCUT2D eigenvalue weighted by Gasteiger charge is 2.34. The van der Waals surface area contributed by atoms with E-state index in [1.807, 2.05) is 38.1 Å². The smallest absolute Gasteiger partial charge is 0.407 e. The number of carbonyl (C=O) groups is 3. The number of ketones is 2. The van der Waals surface area contributed by atoms with Crippen molar-refractivity contribution in [3.8, 4) is 0 Å². The van der Waals surface area contributed by atoms with Gasteiger partial charge in [0.2, 0.25) is 10.0 Å². The van der Waals surface area contributed by atoms with Gasteiger partial charge in [-0.3, -0.25) is 14.6 Å². The number of rotatable bonds is 15. The molecule has 0 spiro atoms. The number of hydrogen-bond acceptors (Lipinski definition) is 9. The summed E-state index contributed by atoms with van der Waals surface area (Å²) in [6.07, 6.45) is 0.00912. The van der Waals surface area contributed by atoms with Crippen molar-refractivity contribution < 1.29 is 31.9 Å². The van der Waals surface area contributed by atoms with Crippen LogP contribution in [0.3, 0.4) is 0 Å². The third-order valence-electron chi connectivity index (χ3n) is 7.85. The lowest BCUT2D eigenvalue weighted by atomic mass is 9.88. The van der Waals surface area contributed by atoms with Gasteiger partial charge in [-0.25, -0.2) is 22.6 Å². The second kappa shape index (κ2) is 16.2. The number of guanidine groups is 1. The van der Waals surface area contributed by atoms with E-state index in [4.69, 9.17) is 16.2 Å². The van der Waals surface area contributed by atoms with Crippen LogP contribution in [-0.4, -0.2) is 73.1 Å². The molecule has 1 amide bonds. The first-order valence-electron chi connectivity index (χ1n) is 15.5. The molecule has 4 rings (SSSR count). The number of Topliss-reactive ketones (excluding diaryl/α,β-unsaturated/α-hetero) is 2. The van der Waals surface area contributed by atoms with Crippen LogP contribution in [0.25, 0.3) is 10.2 Å². The summed E-state index contributed by atoms with van der Waals surface area (Å²) in [5.41, 5.74) is 11.6. The number of aliphatic imine (C=N–C) groups is 1. The number of nitrogens with zero attached hydrogens (tertiary/aromatic N) is 3. The van der Waals surface area contributed by atoms with E-state index in [0.717, 1.165) is 10.8 Å². The van der Waals surface area contributed by atoms with Crippen LogP contribution in [0, 0.1) is 17.7 Å². The number of para-hydroxylation sites is 1. The fourth-order valence-corrected chi connectivity index (χ4v) is 7.98. The summed E-state index contributed by atoms with van der Waals surface area (Å²) in [5, 5.41) is 2.99. The average Bonchev–Trinajstić information content (AvgIpc) is 3.46. The molecule has 1 fully saturated rings. The Kier molecular flexibility index (Phi) is 12.4. The van der Waals surface area contributed by atoms with Gasteiger partial charge in [-0.2, -0.15) is 4.31 Å². The minimum absolute atomic E-state index is 0.0383. The Morgan fingerprint density at radius 2 is 1.79 bits per heavy atom. The van der Waals surface area contributed by atoms with E-state index in [1.165, 1.54) is 33.8 Å². The fraction of sp³-hybridized carbons (Fsp3) is 0.469. The summed E-state index contributed by atoms with van der Waals surface area (Å²) >= 11 is 1.27. The molecule has 1 saturated heterocycles. The summed E-state index contributed by atoms with van der Waals surface area (Å²) in [6.45, 7) is 4.20. The molecule has 1 aromatic heterocycles. The first kappa shape index (κ1) is 35.9. The van der Waals surface area contributed by atoms with Crippen LogP contribution in [0.2, 0.25) is 0 Å². The van der Waals surface area contributed by atoms with Crippen molar-refractivity contribution in [3.05, 3.63) is 59.4 Å². The minimum atomic E-state index is -4.04. The van der Waals surface area contributed by atoms with Crippen molar-refractivity contribution in [2.24, 2.45) is 28.3 Å². The molecule has 15 heteroatoms. The number of benzene rings is 2. The zero-order chi connectivity index (χ0) is 34.1. The van der Waals surface area contributed by atoms with Crippen LogP contribution in [0.15, 0.2) is 58.4 Å². The van der Waals surface area contributed by atoms with Crippen molar-refractivity contribution in [2.45, 2.75) is 69.4 Å². The molecular weight excluding hydrogens is 648 g/mol. The number of alkyl carbamates (subject to hydrolysis) is 1. The summed E-state index contributed by atoms with van der Waals surface area (Å²) in [6, 6.07) is 11.7. The molecule has 0 bridgehead atoms. The molecule has 2 heterocycles. The summed E-state index contributed by atoms with van der Waals surface area (Å²) in [4.78, 5) is 48.4. The lowest BCUT2D eigenvalue weighted by Crippen LogP contribution is -2.46. The van der Waals surface area contributed by atoms with Gasteiger partial charge in [0.25, 0.3) is 0 Å². The number of nitrogens with one attached hydrogen (secondary N) is 1. The number of thiazole rings is 1. The van der Waals surface area contributed by atoms with Gasteiger partial charge in [0, 0.05) is 32.0 Å². The van der Waals surface area contributed by atoms with Crippen LogP contribution >= 0.6 is 11.3 Å². The number of amides is 1. The first-order chi connectivity index (χ1) is 22.3. The van der Waals surface area contributed by atoms with Gasteiger partial charge in [0.1, 0.15) is 16.8 Å². The first-order valence-corrected chi connectivity index (χ1v) is 17.8. The number of sulfonamides is 1. The van der Waals surface area contributed by atoms with Gasteiger partial charge in [-0.15, -0.1) is 11.3 Å². The highest BCUT2D eigenvalue weighted by Crippen LogP contribution is 2.28. The Labute approximate surface area is 277 Å². The van der Waals surface area contributed by atoms with Gasteiger partial charge < -0.3 is 21.5 Å². The van der Waals surface area contributed by atoms with E-state index < -0.39 is 44.9 Å². The summed E-state index contributed by atoms with van der Waals surface area (Å²) in [5.74, 6) is -2.13. The average molecular weight is 689 g/mol. The Hall–Kier alpha value is -3.95. The minimum Gasteiger partial charge on any atom is -0.446 e. The van der Waals surface area contributed by atoms with Gasteiger partial charge in [-0.05, 0) is 62.3 Å². The summed E-state index contributed by atoms with van der Waals surface area (Å²) < 4.78 is 47.7. The van der Waals surface area contributed by atoms with E-state index in [-0.39, 0.29) is 55.8 Å². The van der Waals surface area contributed by atoms with Crippen molar-refractivity contribution >= 4 is 55.2 Å². The van der Waals surface area contributed by atoms with Crippen molar-refractivity contribution in [2.75, 3.05) is 19.6 Å². The molecular formula is C32H41FN6O6S2. The standard InChI is InChI=1S/C32H41FN6O6S2/c1-20(2)18-25(38-32(42)45-22-13-16-39(17-14-22)47(43,44)28-12-6-3-9-23(28)33)26(40)19-21(8-7-15-36-31(34)35)29(41)30-37-24-10-4-5-11-27(24)46-30/h3-6,9-12,20-22,25H,7-8,13-19H2,1-2H3,(H,38,42)(H4,34,35,36)/t21-,25+/m1/s1. The molecule has 254 valence electrons. The van der Waals surface area contributed by atoms with E-state index in [9.17, 15) is 27.2 Å². The van der Waals surface area contributed by atoms with Crippen LogP contribution in [0.5, 0.6) is 0 Å². The SMILES string of the molecule is CC(C)C[C@H](NC(=O)OC1CCN(S(=O)(=O)c2ccccc2F)CC1)C(=O)C[C@@H](CCCN=C(N)N)C(=O)c1nc2ccccc2s1. The predicted octanol–water partition coefficient (Wildman–Crippen LogP) is 4.24. The van der Waals surface area contributed by atoms with Gasteiger partial charge in [0.15, 0.2) is 22.5 Å². The molecule has 2 atom stereocenters. The molecule has 1 aliphatic rings. The Morgan fingerprint density at radius 3 is 2.45 bits per heavy atom. The fourth-order valence-electron chi connectivity index (χ4n) is 5.46. The molecule has 12 nitrogen and oxygen atoms in total. The Bertz CT molecular complexity index is 1670. The predicted molar refractivity (Wildman–Crippen MR) is 178 cm³/mol. The molecule has 0 unspecified atom stereocenters. The third kappa shape index (κ3) is 9.78. The molecule has 0 aliphatic carbocycles. The van der Waals surface area contributed by atoms with Crippen molar-refractivity contribution in [1.29, 1.82) is 0 Å². The molecule has 0 radical (unpaired) electrons. The maximum Gasteiger partial charge on any atom is 0.407 e. The molecule has 3 aromatic rings. The number of hydrogen-bond donors (Lipinski definition) is 3. The number of nitrogens with two attached hydrogens (primary N) is 2. The third-order valence-corrected chi connectivity index (χ3v) is 10.8. The summed E-state index contributed by atoms with van der Waals surface area (Å²) in [7, 11) is -4.04. The zero-order valence-electron chi connectivity index (χ0n) is 26.4. The highest BCUT2D eigenvalue weighted by molar-refractivity contribution is 7.89. The van der Waals surface area contributed by atoms with Crippen LogP contribution in [-0.2, 0) is 19.6 Å². The quantitative estimate of drug-likeness (QED) is 0.0908. The number of fused-ring (bicyclic) bond motifs is 1. The molecule has 0 saturated carbocycles. The Morgan fingerprint density at radius 1 is 1.11 bits per heavy atom. The number of piperidine rings is 1. The van der Waals surface area contributed by atoms with E-state index in [1.54, 1.807) is 0 Å². The van der Waals surface area contributed by atoms with E-state index in [0.29, 0.717) is 36.3 Å². The van der Waals surface area contributed by atoms with Crippen LogP contribution in [0.1, 0.15) is 62.2 Å². The number of aromatic nitrogens is 1. The van der Waals surface area contributed by atoms with E-state index in [2.05, 4.69) is 15.3 Å². The van der Waals surface area contributed by atoms with Crippen LogP contribution in [0.4, 0.5) is 9.18 Å². The second-order valence-electron chi connectivity index (χ2n) is 11.9. The van der Waals surface area contributed by atoms with Gasteiger partial charge in [0.05, 0.1) is 16.3 Å². The highest BCUT2D eigenvalue weighted by atomic mass is 32.2. The monoisotopic (exact) mass is 688 g/mol. The van der Waals surface area contributed by atoms with Crippen LogP contribution < -0.4 is 16.8 Å². The molecule has 5 N–H and O–H groups in total. The maximum atomic E-state index is 14.2. The lowest BCUT2D eigenvalue weighted by molar-refractivity contribution is -0.122. The Balaban J connectivity index is 1.39. The zero-order valence-corrected chi connectivity index (χ0v) is 28.1. The molecule has 2 aromatic carbocycles. The topological polar surface area (TPSA) is 187 Å². The van der Waals surface area contributed by atoms with E-state index >= 15 is 0 Å². The lowest BCUT2D eigenvalue weighted by Gasteiger charge is -2.31. The van der Waals surface area contributed by atoms with Crippen molar-refractivity contribution in [1.82, 2.24) is 14.6 Å². The largest absolute Gasteiger partial charge is 0.446 e. The second-order valence-corrected chi connectivity index (χ2v) is 14.9. The van der Waals surface area contributed by atoms with Gasteiger partial charge in [-0.1, -0.05) is 38.1 Å². The molecule has 1 aliphatic heterocycles.